The molecule has 0 aliphatic carbocycles. The first-order chi connectivity index (χ1) is 9.84. The first kappa shape index (κ1) is 15.8. The largest absolute Gasteiger partial charge is 0.419 e. The number of halogens is 4. The van der Waals surface area contributed by atoms with Crippen molar-refractivity contribution in [3.05, 3.63) is 45.7 Å². The van der Waals surface area contributed by atoms with Gasteiger partial charge in [-0.1, -0.05) is 23.9 Å². The topological polar surface area (TPSA) is 51.8 Å². The number of nitrogens with two attached hydrogens (primary N) is 1. The zero-order chi connectivity index (χ0) is 15.6. The highest BCUT2D eigenvalue weighted by Crippen LogP contribution is 2.34. The van der Waals surface area contributed by atoms with Crippen molar-refractivity contribution in [3.8, 4) is 0 Å². The lowest BCUT2D eigenvalue weighted by molar-refractivity contribution is -0.140. The van der Waals surface area contributed by atoms with Crippen LogP contribution in [0.25, 0.3) is 0 Å². The molecule has 2 N–H and O–H groups in total. The third-order valence-corrected chi connectivity index (χ3v) is 3.86. The van der Waals surface area contributed by atoms with Crippen molar-refractivity contribution in [2.24, 2.45) is 5.73 Å². The van der Waals surface area contributed by atoms with Crippen molar-refractivity contribution in [3.63, 3.8) is 0 Å². The van der Waals surface area contributed by atoms with E-state index in [-0.39, 0.29) is 5.56 Å². The number of aryl methyl sites for hydroxylation is 1. The van der Waals surface area contributed by atoms with Crippen molar-refractivity contribution < 1.29 is 17.6 Å². The Morgan fingerprint density at radius 1 is 1.33 bits per heavy atom. The number of alkyl halides is 3. The van der Waals surface area contributed by atoms with E-state index in [1.165, 1.54) is 6.07 Å². The molecule has 1 aromatic carbocycles. The van der Waals surface area contributed by atoms with Gasteiger partial charge in [-0.3, -0.25) is 0 Å². The maximum atomic E-state index is 13.3. The fourth-order valence-corrected chi connectivity index (χ4v) is 2.69. The molecule has 0 bridgehead atoms. The predicted octanol–water partition coefficient (Wildman–Crippen LogP) is 3.70. The van der Waals surface area contributed by atoms with Crippen LogP contribution >= 0.6 is 11.5 Å². The van der Waals surface area contributed by atoms with Gasteiger partial charge in [0.2, 0.25) is 0 Å². The fraction of sp³-hybridized carbons (Fsp3) is 0.385. The van der Waals surface area contributed by atoms with E-state index in [1.807, 2.05) is 6.92 Å². The second kappa shape index (κ2) is 6.07. The Bertz CT molecular complexity index is 624. The second-order valence-electron chi connectivity index (χ2n) is 4.55. The lowest BCUT2D eigenvalue weighted by atomic mass is 10.0. The highest BCUT2D eigenvalue weighted by molar-refractivity contribution is 7.05. The number of benzene rings is 1. The van der Waals surface area contributed by atoms with Crippen LogP contribution in [0.1, 0.15) is 41.1 Å². The van der Waals surface area contributed by atoms with Crippen molar-refractivity contribution in [1.29, 1.82) is 0 Å². The summed E-state index contributed by atoms with van der Waals surface area (Å²) in [6.45, 7) is 1.95. The molecule has 1 aromatic heterocycles. The molecule has 0 fully saturated rings. The third-order valence-electron chi connectivity index (χ3n) is 3.01. The summed E-state index contributed by atoms with van der Waals surface area (Å²) in [4.78, 5) is 0.608. The number of aromatic nitrogens is 2. The maximum Gasteiger partial charge on any atom is 0.419 e. The first-order valence-electron chi connectivity index (χ1n) is 6.28. The average Bonchev–Trinajstić information content (AvgIpc) is 2.86. The molecular formula is C13H13F4N3S. The molecular weight excluding hydrogens is 306 g/mol. The lowest BCUT2D eigenvalue weighted by Crippen LogP contribution is -2.15. The van der Waals surface area contributed by atoms with Gasteiger partial charge < -0.3 is 5.73 Å². The van der Waals surface area contributed by atoms with E-state index in [4.69, 9.17) is 5.73 Å². The molecule has 3 nitrogen and oxygen atoms in total. The smallest absolute Gasteiger partial charge is 0.320 e. The van der Waals surface area contributed by atoms with Crippen LogP contribution in [0.4, 0.5) is 17.6 Å². The Balaban J connectivity index is 2.40. The molecule has 114 valence electrons. The van der Waals surface area contributed by atoms with Crippen LogP contribution in [0.5, 0.6) is 0 Å². The quantitative estimate of drug-likeness (QED) is 0.874. The summed E-state index contributed by atoms with van der Waals surface area (Å²) in [5.41, 5.74) is 5.54. The molecule has 0 saturated carbocycles. The van der Waals surface area contributed by atoms with Crippen LogP contribution in [0, 0.1) is 5.82 Å². The van der Waals surface area contributed by atoms with E-state index >= 15 is 0 Å². The summed E-state index contributed by atoms with van der Waals surface area (Å²) >= 11 is 1.05. The molecule has 0 saturated heterocycles. The van der Waals surface area contributed by atoms with E-state index in [0.29, 0.717) is 17.0 Å². The molecule has 1 atom stereocenters. The van der Waals surface area contributed by atoms with Gasteiger partial charge in [-0.05, 0) is 35.6 Å². The minimum atomic E-state index is -4.75. The third kappa shape index (κ3) is 3.38. The normalized spacial score (nSPS) is 13.4. The van der Waals surface area contributed by atoms with Crippen molar-refractivity contribution in [2.75, 3.05) is 0 Å². The Kier molecular flexibility index (Phi) is 4.58. The van der Waals surface area contributed by atoms with Gasteiger partial charge in [-0.15, -0.1) is 5.10 Å². The summed E-state index contributed by atoms with van der Waals surface area (Å²) < 4.78 is 55.3. The molecule has 0 radical (unpaired) electrons. The summed E-state index contributed by atoms with van der Waals surface area (Å²) in [5, 5.41) is 3.93. The van der Waals surface area contributed by atoms with Crippen LogP contribution in [-0.4, -0.2) is 9.59 Å². The number of nitrogens with zero attached hydrogens (tertiary/aromatic N) is 2. The Morgan fingerprint density at radius 2 is 2.05 bits per heavy atom. The van der Waals surface area contributed by atoms with Gasteiger partial charge in [0.05, 0.1) is 22.2 Å². The Morgan fingerprint density at radius 3 is 2.67 bits per heavy atom. The lowest BCUT2D eigenvalue weighted by Gasteiger charge is -2.14. The molecule has 1 unspecified atom stereocenters. The summed E-state index contributed by atoms with van der Waals surface area (Å²) in [5.74, 6) is -1.31. The summed E-state index contributed by atoms with van der Waals surface area (Å²) in [6, 6.07) is 1.99. The first-order valence-corrected chi connectivity index (χ1v) is 7.05. The minimum Gasteiger partial charge on any atom is -0.320 e. The van der Waals surface area contributed by atoms with Crippen molar-refractivity contribution in [2.45, 2.75) is 32.0 Å². The van der Waals surface area contributed by atoms with Crippen LogP contribution in [0.2, 0.25) is 0 Å². The van der Waals surface area contributed by atoms with E-state index in [1.54, 1.807) is 0 Å². The molecule has 1 heterocycles. The molecule has 8 heteroatoms. The fourth-order valence-electron chi connectivity index (χ4n) is 1.97. The van der Waals surface area contributed by atoms with Crippen LogP contribution in [-0.2, 0) is 12.6 Å². The van der Waals surface area contributed by atoms with Gasteiger partial charge in [0.25, 0.3) is 0 Å². The zero-order valence-electron chi connectivity index (χ0n) is 11.1. The Hall–Kier alpha value is -1.54. The summed E-state index contributed by atoms with van der Waals surface area (Å²) in [7, 11) is 0. The van der Waals surface area contributed by atoms with Gasteiger partial charge in [0, 0.05) is 0 Å². The van der Waals surface area contributed by atoms with Crippen LogP contribution < -0.4 is 5.73 Å². The standard InChI is InChI=1S/C13H13F4N3S/c1-2-3-10-12(21-20-19-10)11(18)7-4-5-9(14)8(6-7)13(15,16)17/h4-6,11H,2-3,18H2,1H3. The van der Waals surface area contributed by atoms with E-state index < -0.39 is 23.6 Å². The highest BCUT2D eigenvalue weighted by atomic mass is 32.1. The zero-order valence-corrected chi connectivity index (χ0v) is 11.9. The van der Waals surface area contributed by atoms with Gasteiger partial charge in [0.1, 0.15) is 5.82 Å². The van der Waals surface area contributed by atoms with E-state index in [9.17, 15) is 17.6 Å². The van der Waals surface area contributed by atoms with Crippen LogP contribution in [0.3, 0.4) is 0 Å². The van der Waals surface area contributed by atoms with Gasteiger partial charge >= 0.3 is 6.18 Å². The molecule has 0 aliphatic rings. The van der Waals surface area contributed by atoms with Crippen molar-refractivity contribution >= 4 is 11.5 Å². The van der Waals surface area contributed by atoms with Crippen molar-refractivity contribution in [1.82, 2.24) is 9.59 Å². The predicted molar refractivity (Wildman–Crippen MR) is 71.3 cm³/mol. The maximum absolute atomic E-state index is 13.3. The Labute approximate surface area is 123 Å². The summed E-state index contributed by atoms with van der Waals surface area (Å²) in [6.07, 6.45) is -3.28. The molecule has 2 aromatic rings. The SMILES string of the molecule is CCCc1nnsc1C(N)c1ccc(F)c(C(F)(F)F)c1. The molecule has 0 amide bonds. The number of rotatable bonds is 4. The molecule has 2 rings (SSSR count). The minimum absolute atomic E-state index is 0.187. The monoisotopic (exact) mass is 319 g/mol. The van der Waals surface area contributed by atoms with E-state index in [2.05, 4.69) is 9.59 Å². The number of hydrogen-bond donors (Lipinski definition) is 1. The second-order valence-corrected chi connectivity index (χ2v) is 5.33. The van der Waals surface area contributed by atoms with Crippen LogP contribution in [0.15, 0.2) is 18.2 Å². The number of hydrogen-bond acceptors (Lipinski definition) is 4. The van der Waals surface area contributed by atoms with Gasteiger partial charge in [0.15, 0.2) is 0 Å². The average molecular weight is 319 g/mol. The van der Waals surface area contributed by atoms with E-state index in [0.717, 1.165) is 30.1 Å². The molecule has 21 heavy (non-hydrogen) atoms. The van der Waals surface area contributed by atoms with Gasteiger partial charge in [-0.25, -0.2) is 4.39 Å². The molecule has 0 aliphatic heterocycles. The van der Waals surface area contributed by atoms with Gasteiger partial charge in [-0.2, -0.15) is 13.2 Å². The molecule has 0 spiro atoms. The highest BCUT2D eigenvalue weighted by Gasteiger charge is 2.34.